The third kappa shape index (κ3) is 5.10. The van der Waals surface area contributed by atoms with E-state index in [1.54, 1.807) is 0 Å². The Kier molecular flexibility index (Phi) is 7.14. The summed E-state index contributed by atoms with van der Waals surface area (Å²) in [7, 11) is 0. The van der Waals surface area contributed by atoms with Crippen LogP contribution >= 0.6 is 0 Å². The molecule has 0 aliphatic carbocycles. The second kappa shape index (κ2) is 12.4. The lowest BCUT2D eigenvalue weighted by molar-refractivity contribution is 1.08. The monoisotopic (exact) mass is 661 g/mol. The third-order valence-corrected chi connectivity index (χ3v) is 10.1. The van der Waals surface area contributed by atoms with E-state index in [-0.39, 0.29) is 0 Å². The Labute approximate surface area is 301 Å². The molecule has 0 spiro atoms. The second-order valence-corrected chi connectivity index (χ2v) is 13.2. The summed E-state index contributed by atoms with van der Waals surface area (Å²) in [6.45, 7) is 0. The number of nitrogens with zero attached hydrogens (tertiary/aromatic N) is 3. The number of benzene rings is 9. The Morgan fingerprint density at radius 2 is 0.750 bits per heavy atom. The minimum absolute atomic E-state index is 0.641. The highest BCUT2D eigenvalue weighted by atomic mass is 15.0. The highest BCUT2D eigenvalue weighted by molar-refractivity contribution is 6.10. The van der Waals surface area contributed by atoms with Crippen molar-refractivity contribution in [2.45, 2.75) is 0 Å². The third-order valence-electron chi connectivity index (χ3n) is 10.1. The van der Waals surface area contributed by atoms with E-state index >= 15 is 0 Å². The van der Waals surface area contributed by atoms with Gasteiger partial charge in [-0.3, -0.25) is 0 Å². The van der Waals surface area contributed by atoms with E-state index in [0.29, 0.717) is 17.5 Å². The maximum atomic E-state index is 5.34. The van der Waals surface area contributed by atoms with Crippen molar-refractivity contribution in [1.29, 1.82) is 0 Å². The summed E-state index contributed by atoms with van der Waals surface area (Å²) in [5, 5.41) is 9.50. The zero-order chi connectivity index (χ0) is 34.4. The van der Waals surface area contributed by atoms with Crippen LogP contribution in [0.3, 0.4) is 0 Å². The van der Waals surface area contributed by atoms with E-state index in [4.69, 9.17) is 15.0 Å². The topological polar surface area (TPSA) is 38.7 Å². The predicted molar refractivity (Wildman–Crippen MR) is 217 cm³/mol. The Balaban J connectivity index is 1.20. The summed E-state index contributed by atoms with van der Waals surface area (Å²) >= 11 is 0. The van der Waals surface area contributed by atoms with Crippen LogP contribution in [0.5, 0.6) is 0 Å². The molecule has 0 aliphatic heterocycles. The van der Waals surface area contributed by atoms with Gasteiger partial charge in [0, 0.05) is 16.7 Å². The van der Waals surface area contributed by atoms with Crippen LogP contribution < -0.4 is 0 Å². The van der Waals surface area contributed by atoms with Crippen LogP contribution in [-0.2, 0) is 0 Å². The van der Waals surface area contributed by atoms with Crippen molar-refractivity contribution >= 4 is 43.1 Å². The minimum Gasteiger partial charge on any atom is -0.208 e. The van der Waals surface area contributed by atoms with Crippen LogP contribution in [0.25, 0.3) is 99.5 Å². The van der Waals surface area contributed by atoms with Crippen LogP contribution in [0.2, 0.25) is 0 Å². The lowest BCUT2D eigenvalue weighted by Gasteiger charge is -2.16. The van der Waals surface area contributed by atoms with Crippen molar-refractivity contribution in [3.8, 4) is 56.4 Å². The molecule has 1 aromatic heterocycles. The van der Waals surface area contributed by atoms with Crippen LogP contribution in [-0.4, -0.2) is 15.0 Å². The van der Waals surface area contributed by atoms with Crippen molar-refractivity contribution in [3.05, 3.63) is 188 Å². The SMILES string of the molecule is c1ccc(-c2nc(-c3c(-c4ccccc4)ccc4ccccc34)nc(-c3ccc(-c4ccc5c(ccc6ccccc65)c4)c4ccccc34)n2)cc1. The standard InChI is InChI=1S/C49H31N3/c1-3-13-32(14-4-1)42-28-25-34-16-8-10-20-41(34)46(42)49-51-47(35-17-5-2-6-18-35)50-48(52-49)45-30-29-40(43-21-11-12-22-44(43)45)37-26-27-39-36(31-37)24-23-33-15-7-9-19-38(33)39/h1-31H. The van der Waals surface area contributed by atoms with Gasteiger partial charge in [-0.15, -0.1) is 0 Å². The van der Waals surface area contributed by atoms with Gasteiger partial charge in [-0.2, -0.15) is 0 Å². The molecule has 3 nitrogen and oxygen atoms in total. The van der Waals surface area contributed by atoms with E-state index in [9.17, 15) is 0 Å². The number of fused-ring (bicyclic) bond motifs is 5. The van der Waals surface area contributed by atoms with E-state index < -0.39 is 0 Å². The van der Waals surface area contributed by atoms with E-state index in [0.717, 1.165) is 49.4 Å². The normalized spacial score (nSPS) is 11.5. The molecule has 3 heteroatoms. The molecule has 10 rings (SSSR count). The lowest BCUT2D eigenvalue weighted by Crippen LogP contribution is -2.02. The van der Waals surface area contributed by atoms with Gasteiger partial charge in [0.05, 0.1) is 0 Å². The molecular weight excluding hydrogens is 631 g/mol. The van der Waals surface area contributed by atoms with Crippen molar-refractivity contribution in [2.24, 2.45) is 0 Å². The molecule has 0 aliphatic rings. The first-order chi connectivity index (χ1) is 25.8. The zero-order valence-electron chi connectivity index (χ0n) is 28.2. The molecule has 0 fully saturated rings. The minimum atomic E-state index is 0.641. The maximum Gasteiger partial charge on any atom is 0.165 e. The predicted octanol–water partition coefficient (Wildman–Crippen LogP) is 12.8. The molecule has 242 valence electrons. The van der Waals surface area contributed by atoms with Gasteiger partial charge in [0.15, 0.2) is 17.5 Å². The van der Waals surface area contributed by atoms with Crippen molar-refractivity contribution in [3.63, 3.8) is 0 Å². The maximum absolute atomic E-state index is 5.34. The van der Waals surface area contributed by atoms with Crippen molar-refractivity contribution in [2.75, 3.05) is 0 Å². The summed E-state index contributed by atoms with van der Waals surface area (Å²) in [5.41, 5.74) is 7.45. The van der Waals surface area contributed by atoms with Crippen LogP contribution in [0.15, 0.2) is 188 Å². The Morgan fingerprint density at radius 1 is 0.250 bits per heavy atom. The summed E-state index contributed by atoms with van der Waals surface area (Å²) in [6, 6.07) is 66.4. The van der Waals surface area contributed by atoms with E-state index in [1.165, 1.54) is 32.7 Å². The van der Waals surface area contributed by atoms with Gasteiger partial charge in [0.2, 0.25) is 0 Å². The molecule has 10 aromatic rings. The molecule has 0 saturated heterocycles. The molecule has 0 radical (unpaired) electrons. The molecule has 0 N–H and O–H groups in total. The Bertz CT molecular complexity index is 2950. The number of hydrogen-bond acceptors (Lipinski definition) is 3. The number of hydrogen-bond donors (Lipinski definition) is 0. The average Bonchev–Trinajstić information content (AvgIpc) is 3.23. The first-order valence-corrected chi connectivity index (χ1v) is 17.6. The van der Waals surface area contributed by atoms with Gasteiger partial charge in [0.1, 0.15) is 0 Å². The highest BCUT2D eigenvalue weighted by Gasteiger charge is 2.20. The fourth-order valence-corrected chi connectivity index (χ4v) is 7.62. The molecule has 0 bridgehead atoms. The Hall–Kier alpha value is -6.97. The zero-order valence-corrected chi connectivity index (χ0v) is 28.2. The quantitative estimate of drug-likeness (QED) is 0.172. The smallest absolute Gasteiger partial charge is 0.165 e. The van der Waals surface area contributed by atoms with Crippen molar-refractivity contribution < 1.29 is 0 Å². The van der Waals surface area contributed by atoms with Gasteiger partial charge in [-0.1, -0.05) is 176 Å². The van der Waals surface area contributed by atoms with Crippen LogP contribution in [0, 0.1) is 0 Å². The molecule has 0 atom stereocenters. The van der Waals surface area contributed by atoms with Crippen LogP contribution in [0.1, 0.15) is 0 Å². The van der Waals surface area contributed by atoms with Gasteiger partial charge in [0.25, 0.3) is 0 Å². The lowest BCUT2D eigenvalue weighted by atomic mass is 9.92. The highest BCUT2D eigenvalue weighted by Crippen LogP contribution is 2.40. The van der Waals surface area contributed by atoms with Gasteiger partial charge >= 0.3 is 0 Å². The Morgan fingerprint density at radius 3 is 1.52 bits per heavy atom. The molecule has 0 unspecified atom stereocenters. The summed E-state index contributed by atoms with van der Waals surface area (Å²) < 4.78 is 0. The van der Waals surface area contributed by atoms with E-state index in [1.807, 2.05) is 24.3 Å². The summed E-state index contributed by atoms with van der Waals surface area (Å²) in [4.78, 5) is 15.7. The first kappa shape index (κ1) is 29.9. The molecule has 0 amide bonds. The molecular formula is C49H31N3. The largest absolute Gasteiger partial charge is 0.208 e. The second-order valence-electron chi connectivity index (χ2n) is 13.2. The number of rotatable bonds is 5. The van der Waals surface area contributed by atoms with Gasteiger partial charge in [-0.05, 0) is 77.5 Å². The summed E-state index contributed by atoms with van der Waals surface area (Å²) in [6.07, 6.45) is 0. The molecule has 9 aromatic carbocycles. The van der Waals surface area contributed by atoms with E-state index in [2.05, 4.69) is 164 Å². The number of aromatic nitrogens is 3. The first-order valence-electron chi connectivity index (χ1n) is 17.6. The van der Waals surface area contributed by atoms with Crippen LogP contribution in [0.4, 0.5) is 0 Å². The molecule has 0 saturated carbocycles. The van der Waals surface area contributed by atoms with Gasteiger partial charge in [-0.25, -0.2) is 15.0 Å². The molecule has 52 heavy (non-hydrogen) atoms. The van der Waals surface area contributed by atoms with Crippen molar-refractivity contribution in [1.82, 2.24) is 15.0 Å². The summed E-state index contributed by atoms with van der Waals surface area (Å²) in [5.74, 6) is 1.93. The van der Waals surface area contributed by atoms with Gasteiger partial charge < -0.3 is 0 Å². The molecule has 1 heterocycles. The fraction of sp³-hybridized carbons (Fsp3) is 0. The average molecular weight is 662 g/mol. The fourth-order valence-electron chi connectivity index (χ4n) is 7.62.